The minimum Gasteiger partial charge on any atom is -0.480 e. The minimum atomic E-state index is -3.87. The molecule has 25 heavy (non-hydrogen) atoms. The van der Waals surface area contributed by atoms with E-state index < -0.39 is 27.9 Å². The number of carboxylic acids is 1. The maximum atomic E-state index is 12.2. The second-order valence-corrected chi connectivity index (χ2v) is 7.63. The van der Waals surface area contributed by atoms with Crippen LogP contribution in [-0.4, -0.2) is 43.8 Å². The number of hydrogen-bond donors (Lipinski definition) is 3. The Bertz CT molecular complexity index is 758. The highest BCUT2D eigenvalue weighted by Crippen LogP contribution is 2.12. The zero-order valence-corrected chi connectivity index (χ0v) is 15.1. The second kappa shape index (κ2) is 8.72. The van der Waals surface area contributed by atoms with E-state index in [4.69, 9.17) is 5.11 Å². The first-order valence-electron chi connectivity index (χ1n) is 7.67. The Morgan fingerprint density at radius 2 is 1.84 bits per heavy atom. The largest absolute Gasteiger partial charge is 0.480 e. The lowest BCUT2D eigenvalue weighted by Gasteiger charge is -2.17. The second-order valence-electron chi connectivity index (χ2n) is 5.86. The number of rotatable bonds is 9. The Hall–Kier alpha value is -2.26. The molecule has 0 unspecified atom stereocenters. The molecule has 0 fully saturated rings. The minimum absolute atomic E-state index is 0.0776. The van der Waals surface area contributed by atoms with Gasteiger partial charge in [0.15, 0.2) is 5.78 Å². The summed E-state index contributed by atoms with van der Waals surface area (Å²) in [6.45, 7) is 4.45. The third kappa shape index (κ3) is 6.28. The number of nitrogens with one attached hydrogen (secondary N) is 2. The molecule has 0 radical (unpaired) electrons. The average molecular weight is 370 g/mol. The van der Waals surface area contributed by atoms with Crippen molar-refractivity contribution in [2.45, 2.75) is 38.1 Å². The molecule has 1 aromatic carbocycles. The molecule has 1 atom stereocenters. The molecule has 0 aromatic heterocycles. The predicted molar refractivity (Wildman–Crippen MR) is 90.7 cm³/mol. The number of carbonyl (C=O) groups is 3. The summed E-state index contributed by atoms with van der Waals surface area (Å²) in [5, 5.41) is 11.4. The summed E-state index contributed by atoms with van der Waals surface area (Å²) in [5.74, 6) is -2.27. The molecule has 0 aliphatic carbocycles. The maximum Gasteiger partial charge on any atom is 0.326 e. The van der Waals surface area contributed by atoms with Crippen molar-refractivity contribution in [2.24, 2.45) is 5.92 Å². The number of carbonyl (C=O) groups excluding carboxylic acids is 2. The van der Waals surface area contributed by atoms with Crippen LogP contribution in [-0.2, 0) is 19.6 Å². The van der Waals surface area contributed by atoms with Gasteiger partial charge in [-0.15, -0.1) is 0 Å². The molecule has 0 aliphatic heterocycles. The lowest BCUT2D eigenvalue weighted by atomic mass is 10.0. The standard InChI is InChI=1S/C16H22N2O6S/c1-10(2)15(16(21)22)18-14(20)7-8-17-25(23,24)13-6-4-5-12(9-13)11(3)19/h4-6,9-10,15,17H,7-8H2,1-3H3,(H,18,20)(H,21,22)/t15-/m1/s1. The van der Waals surface area contributed by atoms with Crippen LogP contribution >= 0.6 is 0 Å². The van der Waals surface area contributed by atoms with Gasteiger partial charge in [0.05, 0.1) is 4.90 Å². The molecule has 0 bridgehead atoms. The zero-order chi connectivity index (χ0) is 19.2. The highest BCUT2D eigenvalue weighted by molar-refractivity contribution is 7.89. The summed E-state index contributed by atoms with van der Waals surface area (Å²) < 4.78 is 26.6. The Morgan fingerprint density at radius 1 is 1.20 bits per heavy atom. The number of carboxylic acid groups (broad SMARTS) is 1. The highest BCUT2D eigenvalue weighted by atomic mass is 32.2. The van der Waals surface area contributed by atoms with Crippen LogP contribution < -0.4 is 10.0 Å². The molecule has 138 valence electrons. The monoisotopic (exact) mass is 370 g/mol. The summed E-state index contributed by atoms with van der Waals surface area (Å²) in [7, 11) is -3.87. The number of ketones is 1. The Labute approximate surface area is 146 Å². The molecule has 0 aliphatic rings. The van der Waals surface area contributed by atoms with Gasteiger partial charge >= 0.3 is 5.97 Å². The summed E-state index contributed by atoms with van der Waals surface area (Å²) in [6.07, 6.45) is -0.206. The van der Waals surface area contributed by atoms with Crippen molar-refractivity contribution in [3.05, 3.63) is 29.8 Å². The SMILES string of the molecule is CC(=O)c1cccc(S(=O)(=O)NCCC(=O)N[C@@H](C(=O)O)C(C)C)c1. The van der Waals surface area contributed by atoms with Gasteiger partial charge in [-0.1, -0.05) is 26.0 Å². The average Bonchev–Trinajstić information content (AvgIpc) is 2.52. The number of sulfonamides is 1. The Morgan fingerprint density at radius 3 is 2.36 bits per heavy atom. The van der Waals surface area contributed by atoms with E-state index in [1.807, 2.05) is 0 Å². The van der Waals surface area contributed by atoms with Crippen molar-refractivity contribution >= 4 is 27.7 Å². The third-order valence-corrected chi connectivity index (χ3v) is 4.90. The van der Waals surface area contributed by atoms with Gasteiger partial charge in [0.25, 0.3) is 0 Å². The quantitative estimate of drug-likeness (QED) is 0.551. The van der Waals surface area contributed by atoms with E-state index in [-0.39, 0.29) is 35.1 Å². The lowest BCUT2D eigenvalue weighted by Crippen LogP contribution is -2.45. The first kappa shape index (κ1) is 20.8. The molecule has 0 saturated carbocycles. The molecule has 8 nitrogen and oxygen atoms in total. The predicted octanol–water partition coefficient (Wildman–Crippen LogP) is 0.783. The van der Waals surface area contributed by atoms with E-state index in [9.17, 15) is 22.8 Å². The molecule has 3 N–H and O–H groups in total. The van der Waals surface area contributed by atoms with Crippen molar-refractivity contribution in [3.63, 3.8) is 0 Å². The smallest absolute Gasteiger partial charge is 0.326 e. The van der Waals surface area contributed by atoms with E-state index >= 15 is 0 Å². The fourth-order valence-corrected chi connectivity index (χ4v) is 3.10. The van der Waals surface area contributed by atoms with Crippen LogP contribution in [0.4, 0.5) is 0 Å². The molecular weight excluding hydrogens is 348 g/mol. The van der Waals surface area contributed by atoms with E-state index in [2.05, 4.69) is 10.0 Å². The van der Waals surface area contributed by atoms with Crippen LogP contribution in [0.5, 0.6) is 0 Å². The van der Waals surface area contributed by atoms with Crippen molar-refractivity contribution in [3.8, 4) is 0 Å². The van der Waals surface area contributed by atoms with E-state index in [0.29, 0.717) is 0 Å². The Balaban J connectivity index is 2.65. The normalized spacial score (nSPS) is 12.6. The highest BCUT2D eigenvalue weighted by Gasteiger charge is 2.23. The van der Waals surface area contributed by atoms with Crippen LogP contribution in [0.2, 0.25) is 0 Å². The number of aliphatic carboxylic acids is 1. The van der Waals surface area contributed by atoms with Crippen molar-refractivity contribution in [1.82, 2.24) is 10.0 Å². The van der Waals surface area contributed by atoms with Crippen LogP contribution in [0.15, 0.2) is 29.2 Å². The van der Waals surface area contributed by atoms with Gasteiger partial charge in [0, 0.05) is 18.5 Å². The van der Waals surface area contributed by atoms with Gasteiger partial charge in [0.2, 0.25) is 15.9 Å². The molecule has 9 heteroatoms. The molecule has 0 heterocycles. The molecular formula is C16H22N2O6S. The van der Waals surface area contributed by atoms with Crippen molar-refractivity contribution < 1.29 is 27.9 Å². The topological polar surface area (TPSA) is 130 Å². The van der Waals surface area contributed by atoms with E-state index in [1.54, 1.807) is 13.8 Å². The zero-order valence-electron chi connectivity index (χ0n) is 14.3. The maximum absolute atomic E-state index is 12.2. The third-order valence-electron chi connectivity index (χ3n) is 3.44. The fourth-order valence-electron chi connectivity index (χ4n) is 2.02. The van der Waals surface area contributed by atoms with Crippen LogP contribution in [0.3, 0.4) is 0 Å². The van der Waals surface area contributed by atoms with Crippen LogP contribution in [0.25, 0.3) is 0 Å². The number of hydrogen-bond acceptors (Lipinski definition) is 5. The first-order valence-corrected chi connectivity index (χ1v) is 9.15. The van der Waals surface area contributed by atoms with Crippen LogP contribution in [0, 0.1) is 5.92 Å². The van der Waals surface area contributed by atoms with Gasteiger partial charge in [-0.3, -0.25) is 9.59 Å². The van der Waals surface area contributed by atoms with Crippen LogP contribution in [0.1, 0.15) is 37.6 Å². The van der Waals surface area contributed by atoms with Gasteiger partial charge in [-0.2, -0.15) is 0 Å². The molecule has 1 aromatic rings. The van der Waals surface area contributed by atoms with Gasteiger partial charge in [-0.25, -0.2) is 17.9 Å². The summed E-state index contributed by atoms with van der Waals surface area (Å²) in [5.41, 5.74) is 0.266. The van der Waals surface area contributed by atoms with E-state index in [1.165, 1.54) is 31.2 Å². The summed E-state index contributed by atoms with van der Waals surface area (Å²) >= 11 is 0. The van der Waals surface area contributed by atoms with Gasteiger partial charge < -0.3 is 10.4 Å². The van der Waals surface area contributed by atoms with E-state index in [0.717, 1.165) is 0 Å². The number of amides is 1. The summed E-state index contributed by atoms with van der Waals surface area (Å²) in [4.78, 5) is 34.0. The number of benzene rings is 1. The number of Topliss-reactive ketones (excluding diaryl/α,β-unsaturated/α-hetero) is 1. The fraction of sp³-hybridized carbons (Fsp3) is 0.438. The molecule has 0 saturated heterocycles. The first-order chi connectivity index (χ1) is 11.5. The summed E-state index contributed by atoms with van der Waals surface area (Å²) in [6, 6.07) is 4.53. The van der Waals surface area contributed by atoms with Gasteiger partial charge in [0.1, 0.15) is 6.04 Å². The Kier molecular flexibility index (Phi) is 7.25. The van der Waals surface area contributed by atoms with Crippen molar-refractivity contribution in [1.29, 1.82) is 0 Å². The molecule has 1 rings (SSSR count). The molecule has 1 amide bonds. The molecule has 0 spiro atoms. The van der Waals surface area contributed by atoms with Crippen molar-refractivity contribution in [2.75, 3.05) is 6.54 Å². The van der Waals surface area contributed by atoms with Gasteiger partial charge in [-0.05, 0) is 25.0 Å². The lowest BCUT2D eigenvalue weighted by molar-refractivity contribution is -0.143.